The molecule has 0 fully saturated rings. The zero-order valence-electron chi connectivity index (χ0n) is 6.83. The molecule has 1 rings (SSSR count). The van der Waals surface area contributed by atoms with Crippen molar-refractivity contribution in [2.24, 2.45) is 5.73 Å². The van der Waals surface area contributed by atoms with Crippen LogP contribution in [0.4, 0.5) is 0 Å². The van der Waals surface area contributed by atoms with E-state index in [4.69, 9.17) is 10.5 Å². The highest BCUT2D eigenvalue weighted by Crippen LogP contribution is 2.15. The van der Waals surface area contributed by atoms with Crippen LogP contribution in [0.15, 0.2) is 18.2 Å². The molecule has 63 valence electrons. The molecule has 1 aromatic rings. The molecule has 0 aliphatic rings. The predicted molar refractivity (Wildman–Crippen MR) is 44.7 cm³/mol. The third-order valence-corrected chi connectivity index (χ3v) is 1.42. The number of nitrogens with two attached hydrogens (primary N) is 1. The normalized spacial score (nSPS) is 9.50. The molecule has 0 unspecified atom stereocenters. The average molecular weight is 164 g/mol. The third-order valence-electron chi connectivity index (χ3n) is 1.42. The van der Waals surface area contributed by atoms with Crippen LogP contribution in [-0.2, 0) is 4.79 Å². The molecule has 0 aliphatic carbocycles. The van der Waals surface area contributed by atoms with Crippen LogP contribution in [0.2, 0.25) is 0 Å². The summed E-state index contributed by atoms with van der Waals surface area (Å²) in [5, 5.41) is 0. The Labute approximate surface area is 71.1 Å². The number of hydrogen-bond donors (Lipinski definition) is 1. The van der Waals surface area contributed by atoms with Gasteiger partial charge in [0.15, 0.2) is 0 Å². The lowest BCUT2D eigenvalue weighted by Crippen LogP contribution is -2.19. The van der Waals surface area contributed by atoms with Crippen molar-refractivity contribution in [1.29, 1.82) is 0 Å². The van der Waals surface area contributed by atoms with Gasteiger partial charge in [-0.25, -0.2) is 0 Å². The molecule has 0 aromatic heterocycles. The first-order chi connectivity index (χ1) is 5.74. The number of rotatable bonds is 2. The van der Waals surface area contributed by atoms with E-state index in [-0.39, 0.29) is 6.54 Å². The van der Waals surface area contributed by atoms with E-state index in [2.05, 4.69) is 6.07 Å². The van der Waals surface area contributed by atoms with E-state index in [0.29, 0.717) is 5.75 Å². The topological polar surface area (TPSA) is 52.3 Å². The first kappa shape index (κ1) is 8.74. The second-order valence-electron chi connectivity index (χ2n) is 2.37. The van der Waals surface area contributed by atoms with E-state index in [1.54, 1.807) is 12.1 Å². The molecular weight excluding hydrogens is 154 g/mol. The second-order valence-corrected chi connectivity index (χ2v) is 2.37. The summed E-state index contributed by atoms with van der Waals surface area (Å²) in [5.41, 5.74) is 5.98. The van der Waals surface area contributed by atoms with Gasteiger partial charge in [-0.1, -0.05) is 12.1 Å². The summed E-state index contributed by atoms with van der Waals surface area (Å²) in [6.07, 6.45) is 0. The van der Waals surface area contributed by atoms with E-state index in [1.165, 1.54) is 0 Å². The lowest BCUT2D eigenvalue weighted by atomic mass is 10.2. The molecule has 0 heterocycles. The average Bonchev–Trinajstić information content (AvgIpc) is 2.09. The zero-order chi connectivity index (χ0) is 8.97. The van der Waals surface area contributed by atoms with Gasteiger partial charge < -0.3 is 10.5 Å². The van der Waals surface area contributed by atoms with Gasteiger partial charge in [0.2, 0.25) is 0 Å². The van der Waals surface area contributed by atoms with Gasteiger partial charge in [-0.05, 0) is 24.6 Å². The summed E-state index contributed by atoms with van der Waals surface area (Å²) in [6, 6.07) is 8.00. The van der Waals surface area contributed by atoms with Crippen LogP contribution < -0.4 is 10.5 Å². The summed E-state index contributed by atoms with van der Waals surface area (Å²) < 4.78 is 4.90. The molecule has 0 saturated carbocycles. The zero-order valence-corrected chi connectivity index (χ0v) is 6.83. The second kappa shape index (κ2) is 3.88. The molecule has 0 amide bonds. The van der Waals surface area contributed by atoms with Gasteiger partial charge in [0.05, 0.1) is 6.54 Å². The Kier molecular flexibility index (Phi) is 2.82. The molecule has 0 spiro atoms. The lowest BCUT2D eigenvalue weighted by Gasteiger charge is -2.04. The molecule has 1 radical (unpaired) electrons. The molecule has 12 heavy (non-hydrogen) atoms. The molecule has 0 atom stereocenters. The highest BCUT2D eigenvalue weighted by atomic mass is 16.5. The fraction of sp³-hybridized carbons (Fsp3) is 0.222. The first-order valence-electron chi connectivity index (χ1n) is 3.61. The minimum absolute atomic E-state index is 0.103. The van der Waals surface area contributed by atoms with Gasteiger partial charge in [-0.15, -0.1) is 0 Å². The Morgan fingerprint density at radius 1 is 1.75 bits per heavy atom. The Morgan fingerprint density at radius 2 is 2.50 bits per heavy atom. The first-order valence-corrected chi connectivity index (χ1v) is 3.61. The lowest BCUT2D eigenvalue weighted by molar-refractivity contribution is -0.132. The fourth-order valence-corrected chi connectivity index (χ4v) is 0.767. The van der Waals surface area contributed by atoms with E-state index < -0.39 is 5.97 Å². The number of ether oxygens (including phenoxy) is 1. The van der Waals surface area contributed by atoms with Crippen LogP contribution in [0, 0.1) is 13.0 Å². The quantitative estimate of drug-likeness (QED) is 0.516. The number of benzene rings is 1. The van der Waals surface area contributed by atoms with Crippen molar-refractivity contribution < 1.29 is 9.53 Å². The summed E-state index contributed by atoms with van der Waals surface area (Å²) >= 11 is 0. The van der Waals surface area contributed by atoms with Crippen molar-refractivity contribution >= 4 is 5.97 Å². The Morgan fingerprint density at radius 3 is 3.08 bits per heavy atom. The number of carbonyl (C=O) groups is 1. The van der Waals surface area contributed by atoms with Crippen molar-refractivity contribution in [3.05, 3.63) is 29.8 Å². The maximum Gasteiger partial charge on any atom is 0.325 e. The maximum absolute atomic E-state index is 10.8. The molecular formula is C9H10NO2. The van der Waals surface area contributed by atoms with E-state index in [0.717, 1.165) is 5.56 Å². The molecule has 0 saturated heterocycles. The number of carbonyl (C=O) groups excluding carboxylic acids is 1. The van der Waals surface area contributed by atoms with Crippen LogP contribution in [0.1, 0.15) is 5.56 Å². The highest BCUT2D eigenvalue weighted by Gasteiger charge is 2.02. The van der Waals surface area contributed by atoms with Crippen LogP contribution >= 0.6 is 0 Å². The van der Waals surface area contributed by atoms with Crippen molar-refractivity contribution in [2.75, 3.05) is 6.54 Å². The summed E-state index contributed by atoms with van der Waals surface area (Å²) in [7, 11) is 0. The van der Waals surface area contributed by atoms with Gasteiger partial charge in [-0.3, -0.25) is 4.79 Å². The largest absolute Gasteiger partial charge is 0.425 e. The van der Waals surface area contributed by atoms with E-state index in [9.17, 15) is 4.79 Å². The molecule has 2 N–H and O–H groups in total. The van der Waals surface area contributed by atoms with Gasteiger partial charge in [0.25, 0.3) is 0 Å². The number of esters is 1. The van der Waals surface area contributed by atoms with Crippen molar-refractivity contribution in [1.82, 2.24) is 0 Å². The van der Waals surface area contributed by atoms with Crippen LogP contribution in [0.25, 0.3) is 0 Å². The van der Waals surface area contributed by atoms with E-state index >= 15 is 0 Å². The summed E-state index contributed by atoms with van der Waals surface area (Å²) in [6.45, 7) is 1.75. The SMILES string of the molecule is Cc1cc[c]cc1OC(=O)CN. The minimum Gasteiger partial charge on any atom is -0.425 e. The molecule has 0 bridgehead atoms. The summed E-state index contributed by atoms with van der Waals surface area (Å²) in [5.74, 6) is 0.0886. The summed E-state index contributed by atoms with van der Waals surface area (Å²) in [4.78, 5) is 10.8. The standard InChI is InChI=1S/C9H10NO2/c1-7-4-2-3-5-8(7)12-9(11)6-10/h2,4-5H,6,10H2,1H3. The van der Waals surface area contributed by atoms with Crippen molar-refractivity contribution in [2.45, 2.75) is 6.92 Å². The predicted octanol–water partition coefficient (Wildman–Crippen LogP) is 0.659. The van der Waals surface area contributed by atoms with Crippen molar-refractivity contribution in [3.8, 4) is 5.75 Å². The fourth-order valence-electron chi connectivity index (χ4n) is 0.767. The van der Waals surface area contributed by atoms with Crippen molar-refractivity contribution in [3.63, 3.8) is 0 Å². The van der Waals surface area contributed by atoms with E-state index in [1.807, 2.05) is 13.0 Å². The third kappa shape index (κ3) is 2.07. The molecule has 3 nitrogen and oxygen atoms in total. The highest BCUT2D eigenvalue weighted by molar-refractivity contribution is 5.74. The van der Waals surface area contributed by atoms with Gasteiger partial charge in [0.1, 0.15) is 5.75 Å². The van der Waals surface area contributed by atoms with Gasteiger partial charge in [-0.2, -0.15) is 0 Å². The number of aryl methyl sites for hydroxylation is 1. The number of hydrogen-bond acceptors (Lipinski definition) is 3. The molecule has 3 heteroatoms. The Hall–Kier alpha value is -1.35. The smallest absolute Gasteiger partial charge is 0.325 e. The molecule has 0 aliphatic heterocycles. The molecule has 1 aromatic carbocycles. The Balaban J connectivity index is 2.75. The van der Waals surface area contributed by atoms with Crippen LogP contribution in [0.5, 0.6) is 5.75 Å². The van der Waals surface area contributed by atoms with Crippen LogP contribution in [-0.4, -0.2) is 12.5 Å². The van der Waals surface area contributed by atoms with Crippen LogP contribution in [0.3, 0.4) is 0 Å². The monoisotopic (exact) mass is 164 g/mol. The maximum atomic E-state index is 10.8. The van der Waals surface area contributed by atoms with Gasteiger partial charge >= 0.3 is 5.97 Å². The van der Waals surface area contributed by atoms with Gasteiger partial charge in [0, 0.05) is 0 Å². The Bertz CT molecular complexity index is 284. The minimum atomic E-state index is -0.433.